The van der Waals surface area contributed by atoms with Crippen LogP contribution < -0.4 is 15.4 Å². The molecule has 36 heavy (non-hydrogen) atoms. The van der Waals surface area contributed by atoms with E-state index in [1.807, 2.05) is 30.5 Å². The van der Waals surface area contributed by atoms with E-state index in [0.717, 1.165) is 55.9 Å². The minimum atomic E-state index is -0.320. The summed E-state index contributed by atoms with van der Waals surface area (Å²) < 4.78 is 5.90. The molecule has 1 saturated heterocycles. The first-order chi connectivity index (χ1) is 17.6. The fourth-order valence-corrected chi connectivity index (χ4v) is 5.63. The van der Waals surface area contributed by atoms with Crippen LogP contribution in [0.1, 0.15) is 52.5 Å². The molecule has 4 heterocycles. The Morgan fingerprint density at radius 1 is 1.08 bits per heavy atom. The van der Waals surface area contributed by atoms with Crippen LogP contribution in [0.3, 0.4) is 0 Å². The molecular weight excluding hydrogens is 497 g/mol. The van der Waals surface area contributed by atoms with Crippen LogP contribution in [0.4, 0.5) is 0 Å². The van der Waals surface area contributed by atoms with Crippen molar-refractivity contribution in [3.8, 4) is 5.75 Å². The van der Waals surface area contributed by atoms with Gasteiger partial charge >= 0.3 is 0 Å². The van der Waals surface area contributed by atoms with Crippen molar-refractivity contribution in [2.75, 3.05) is 19.7 Å². The van der Waals surface area contributed by atoms with Gasteiger partial charge in [0.15, 0.2) is 0 Å². The van der Waals surface area contributed by atoms with Crippen LogP contribution in [0.5, 0.6) is 5.75 Å². The Kier molecular flexibility index (Phi) is 8.02. The number of halogens is 2. The summed E-state index contributed by atoms with van der Waals surface area (Å²) in [6.07, 6.45) is 7.80. The Bertz CT molecular complexity index is 1200. The summed E-state index contributed by atoms with van der Waals surface area (Å²) >= 11 is 12.3. The summed E-state index contributed by atoms with van der Waals surface area (Å²) in [6, 6.07) is 13.0. The van der Waals surface area contributed by atoms with Gasteiger partial charge in [0.25, 0.3) is 5.91 Å². The van der Waals surface area contributed by atoms with Gasteiger partial charge in [0.1, 0.15) is 5.75 Å². The van der Waals surface area contributed by atoms with E-state index in [1.165, 1.54) is 18.0 Å². The summed E-state index contributed by atoms with van der Waals surface area (Å²) in [4.78, 5) is 23.9. The number of fused-ring (bicyclic) bond motifs is 1. The first-order valence-corrected chi connectivity index (χ1v) is 13.0. The number of aromatic nitrogens is 2. The highest BCUT2D eigenvalue weighted by molar-refractivity contribution is 6.39. The number of nitrogens with zero attached hydrogens (tertiary/aromatic N) is 3. The lowest BCUT2D eigenvalue weighted by molar-refractivity contribution is 0.0683. The number of carbonyl (C=O) groups excluding carboxylic acids is 1. The molecule has 188 valence electrons. The Morgan fingerprint density at radius 2 is 1.86 bits per heavy atom. The van der Waals surface area contributed by atoms with Crippen molar-refractivity contribution in [3.63, 3.8) is 0 Å². The molecule has 3 aromatic rings. The predicted molar refractivity (Wildman–Crippen MR) is 140 cm³/mol. The van der Waals surface area contributed by atoms with Crippen molar-refractivity contribution < 1.29 is 9.53 Å². The van der Waals surface area contributed by atoms with Gasteiger partial charge in [-0.05, 0) is 49.2 Å². The summed E-state index contributed by atoms with van der Waals surface area (Å²) in [5.74, 6) is 0.566. The molecular formula is C27H29Cl2N5O2. The van der Waals surface area contributed by atoms with Crippen molar-refractivity contribution >= 4 is 29.1 Å². The molecule has 5 rings (SSSR count). The lowest BCUT2D eigenvalue weighted by Crippen LogP contribution is -2.45. The van der Waals surface area contributed by atoms with Gasteiger partial charge in [-0.25, -0.2) is 0 Å². The van der Waals surface area contributed by atoms with E-state index in [4.69, 9.17) is 32.9 Å². The lowest BCUT2D eigenvalue weighted by atomic mass is 9.96. The van der Waals surface area contributed by atoms with Crippen molar-refractivity contribution in [3.05, 3.63) is 87.4 Å². The first-order valence-electron chi connectivity index (χ1n) is 12.3. The van der Waals surface area contributed by atoms with E-state index in [0.29, 0.717) is 19.2 Å². The molecule has 1 unspecified atom stereocenters. The number of pyridine rings is 2. The van der Waals surface area contributed by atoms with Gasteiger partial charge in [0.05, 0.1) is 34.0 Å². The van der Waals surface area contributed by atoms with Gasteiger partial charge in [0, 0.05) is 44.1 Å². The van der Waals surface area contributed by atoms with E-state index >= 15 is 0 Å². The molecule has 2 aliphatic rings. The average molecular weight is 526 g/mol. The largest absolute Gasteiger partial charge is 0.492 e. The zero-order valence-electron chi connectivity index (χ0n) is 19.9. The second-order valence-corrected chi connectivity index (χ2v) is 9.99. The number of amides is 1. The number of carbonyl (C=O) groups is 1. The van der Waals surface area contributed by atoms with Crippen molar-refractivity contribution in [2.45, 2.75) is 44.4 Å². The molecule has 2 N–H and O–H groups in total. The van der Waals surface area contributed by atoms with Crippen molar-refractivity contribution in [1.82, 2.24) is 25.5 Å². The Labute approximate surface area is 221 Å². The highest BCUT2D eigenvalue weighted by Gasteiger charge is 2.33. The molecule has 0 spiro atoms. The summed E-state index contributed by atoms with van der Waals surface area (Å²) in [7, 11) is 0. The van der Waals surface area contributed by atoms with Crippen molar-refractivity contribution in [1.29, 1.82) is 0 Å². The molecule has 9 heteroatoms. The maximum absolute atomic E-state index is 12.7. The average Bonchev–Trinajstić information content (AvgIpc) is 2.91. The van der Waals surface area contributed by atoms with Crippen LogP contribution in [0, 0.1) is 0 Å². The summed E-state index contributed by atoms with van der Waals surface area (Å²) in [6.45, 7) is 3.90. The van der Waals surface area contributed by atoms with Gasteiger partial charge in [-0.2, -0.15) is 0 Å². The van der Waals surface area contributed by atoms with Crippen LogP contribution in [-0.4, -0.2) is 46.5 Å². The molecule has 1 aromatic carbocycles. The summed E-state index contributed by atoms with van der Waals surface area (Å²) in [5, 5.41) is 6.88. The molecule has 0 saturated carbocycles. The Hall–Kier alpha value is -2.71. The number of benzene rings is 1. The van der Waals surface area contributed by atoms with Crippen LogP contribution in [0.25, 0.3) is 0 Å². The molecule has 1 fully saturated rings. The van der Waals surface area contributed by atoms with Crippen LogP contribution in [-0.2, 0) is 13.1 Å². The van der Waals surface area contributed by atoms with E-state index in [9.17, 15) is 4.79 Å². The van der Waals surface area contributed by atoms with E-state index in [-0.39, 0.29) is 27.6 Å². The molecule has 0 aliphatic carbocycles. The standard InChI is InChI=1S/C27H29Cl2N5O2/c28-21-15-31-16-22(29)25(21)27(35)33-14-18-3-1-4-19(13-18)17-34(20-6-10-30-11-7-20)23-8-12-36-24-5-2-9-32-26(23)24/h1-5,9,13,15-16,20,23,30H,6-8,10-12,14,17H2,(H,33,35). The highest BCUT2D eigenvalue weighted by Crippen LogP contribution is 2.37. The van der Waals surface area contributed by atoms with E-state index in [1.54, 1.807) is 0 Å². The van der Waals surface area contributed by atoms with Gasteiger partial charge in [-0.15, -0.1) is 0 Å². The minimum absolute atomic E-state index is 0.206. The second kappa shape index (κ2) is 11.6. The SMILES string of the molecule is O=C(NCc1cccc(CN(C2CCNCC2)C2CCOc3cccnc32)c1)c1c(Cl)cncc1Cl. The quantitative estimate of drug-likeness (QED) is 0.461. The fourth-order valence-electron chi connectivity index (χ4n) is 5.10. The smallest absolute Gasteiger partial charge is 0.254 e. The fraction of sp³-hybridized carbons (Fsp3) is 0.370. The Balaban J connectivity index is 1.34. The normalized spacial score (nSPS) is 17.9. The number of hydrogen-bond acceptors (Lipinski definition) is 6. The molecule has 2 aliphatic heterocycles. The van der Waals surface area contributed by atoms with Crippen LogP contribution in [0.2, 0.25) is 10.0 Å². The van der Waals surface area contributed by atoms with Gasteiger partial charge in [-0.1, -0.05) is 47.5 Å². The number of ether oxygens (including phenoxy) is 1. The van der Waals surface area contributed by atoms with E-state index in [2.05, 4.69) is 32.7 Å². The topological polar surface area (TPSA) is 79.4 Å². The number of hydrogen-bond donors (Lipinski definition) is 2. The predicted octanol–water partition coefficient (Wildman–Crippen LogP) is 4.79. The molecule has 7 nitrogen and oxygen atoms in total. The summed E-state index contributed by atoms with van der Waals surface area (Å²) in [5.41, 5.74) is 3.48. The molecule has 1 atom stereocenters. The third kappa shape index (κ3) is 5.65. The molecule has 1 amide bonds. The van der Waals surface area contributed by atoms with Gasteiger partial charge in [0.2, 0.25) is 0 Å². The number of rotatable bonds is 7. The first kappa shape index (κ1) is 25.0. The second-order valence-electron chi connectivity index (χ2n) is 9.17. The highest BCUT2D eigenvalue weighted by atomic mass is 35.5. The van der Waals surface area contributed by atoms with Crippen molar-refractivity contribution in [2.24, 2.45) is 0 Å². The van der Waals surface area contributed by atoms with Crippen LogP contribution in [0.15, 0.2) is 55.0 Å². The van der Waals surface area contributed by atoms with Gasteiger partial charge in [-0.3, -0.25) is 19.7 Å². The maximum Gasteiger partial charge on any atom is 0.254 e. The van der Waals surface area contributed by atoms with Crippen LogP contribution >= 0.6 is 23.2 Å². The monoisotopic (exact) mass is 525 g/mol. The minimum Gasteiger partial charge on any atom is -0.492 e. The van der Waals surface area contributed by atoms with Gasteiger partial charge < -0.3 is 15.4 Å². The Morgan fingerprint density at radius 3 is 2.67 bits per heavy atom. The van der Waals surface area contributed by atoms with E-state index < -0.39 is 0 Å². The number of piperidine rings is 1. The zero-order chi connectivity index (χ0) is 24.9. The molecule has 0 radical (unpaired) electrons. The zero-order valence-corrected chi connectivity index (χ0v) is 21.4. The molecule has 0 bridgehead atoms. The third-order valence-electron chi connectivity index (χ3n) is 6.83. The number of nitrogens with one attached hydrogen (secondary N) is 2. The maximum atomic E-state index is 12.7. The third-order valence-corrected chi connectivity index (χ3v) is 7.41. The molecule has 2 aromatic heterocycles. The lowest BCUT2D eigenvalue weighted by Gasteiger charge is -2.41.